The molecular formula is C16H26N4O2S. The van der Waals surface area contributed by atoms with Crippen LogP contribution in [0.4, 0.5) is 5.69 Å². The largest absolute Gasteiger partial charge is 0.385 e. The fraction of sp³-hybridized carbons (Fsp3) is 0.562. The van der Waals surface area contributed by atoms with Crippen LogP contribution in [0.25, 0.3) is 10.9 Å². The predicted octanol–water partition coefficient (Wildman–Crippen LogP) is 2.86. The van der Waals surface area contributed by atoms with E-state index in [0.717, 1.165) is 42.4 Å². The molecule has 0 atom stereocenters. The third-order valence-electron chi connectivity index (χ3n) is 3.72. The van der Waals surface area contributed by atoms with E-state index in [0.29, 0.717) is 6.54 Å². The first-order valence-corrected chi connectivity index (χ1v) is 9.44. The van der Waals surface area contributed by atoms with Gasteiger partial charge in [-0.3, -0.25) is 5.10 Å². The van der Waals surface area contributed by atoms with Crippen molar-refractivity contribution in [3.8, 4) is 0 Å². The number of nitrogens with one attached hydrogen (secondary N) is 3. The fourth-order valence-electron chi connectivity index (χ4n) is 2.14. The Morgan fingerprint density at radius 2 is 1.87 bits per heavy atom. The zero-order valence-corrected chi connectivity index (χ0v) is 14.8. The van der Waals surface area contributed by atoms with Crippen LogP contribution in [0.15, 0.2) is 24.4 Å². The molecule has 23 heavy (non-hydrogen) atoms. The molecule has 1 heterocycles. The number of aromatic nitrogens is 2. The zero-order valence-electron chi connectivity index (χ0n) is 14.0. The fourth-order valence-corrected chi connectivity index (χ4v) is 2.98. The number of hydrogen-bond acceptors (Lipinski definition) is 4. The minimum Gasteiger partial charge on any atom is -0.385 e. The van der Waals surface area contributed by atoms with Crippen LogP contribution in [0.1, 0.15) is 40.0 Å². The van der Waals surface area contributed by atoms with Crippen molar-refractivity contribution < 1.29 is 8.42 Å². The van der Waals surface area contributed by atoms with E-state index in [4.69, 9.17) is 0 Å². The third-order valence-corrected chi connectivity index (χ3v) is 5.92. The van der Waals surface area contributed by atoms with Crippen LogP contribution in [-0.2, 0) is 10.0 Å². The number of nitrogens with zero attached hydrogens (tertiary/aromatic N) is 1. The Morgan fingerprint density at radius 1 is 1.13 bits per heavy atom. The van der Waals surface area contributed by atoms with Gasteiger partial charge >= 0.3 is 0 Å². The molecule has 0 fully saturated rings. The van der Waals surface area contributed by atoms with Gasteiger partial charge in [0.05, 0.1) is 16.5 Å². The van der Waals surface area contributed by atoms with Gasteiger partial charge in [-0.2, -0.15) is 5.10 Å². The Morgan fingerprint density at radius 3 is 2.61 bits per heavy atom. The molecule has 1 aromatic heterocycles. The Labute approximate surface area is 138 Å². The van der Waals surface area contributed by atoms with Gasteiger partial charge in [-0.15, -0.1) is 0 Å². The van der Waals surface area contributed by atoms with Crippen molar-refractivity contribution in [3.63, 3.8) is 0 Å². The molecule has 0 radical (unpaired) electrons. The number of benzene rings is 1. The molecule has 0 saturated carbocycles. The van der Waals surface area contributed by atoms with Crippen molar-refractivity contribution in [1.82, 2.24) is 14.9 Å². The summed E-state index contributed by atoms with van der Waals surface area (Å²) in [5.41, 5.74) is 2.11. The second-order valence-electron chi connectivity index (χ2n) is 6.67. The summed E-state index contributed by atoms with van der Waals surface area (Å²) in [6.45, 7) is 6.48. The number of fused-ring (bicyclic) bond motifs is 1. The van der Waals surface area contributed by atoms with Crippen LogP contribution >= 0.6 is 0 Å². The van der Waals surface area contributed by atoms with Gasteiger partial charge in [-0.25, -0.2) is 13.1 Å². The summed E-state index contributed by atoms with van der Waals surface area (Å²) in [5.74, 6) is 0. The van der Waals surface area contributed by atoms with Crippen molar-refractivity contribution in [2.75, 3.05) is 18.4 Å². The minimum absolute atomic E-state index is 0.501. The number of anilines is 1. The summed E-state index contributed by atoms with van der Waals surface area (Å²) in [5, 5.41) is 11.4. The van der Waals surface area contributed by atoms with Crippen molar-refractivity contribution in [1.29, 1.82) is 0 Å². The average molecular weight is 338 g/mol. The molecule has 0 aliphatic heterocycles. The van der Waals surface area contributed by atoms with E-state index in [1.54, 1.807) is 20.8 Å². The van der Waals surface area contributed by atoms with Gasteiger partial charge in [0, 0.05) is 24.2 Å². The Balaban J connectivity index is 1.63. The zero-order chi connectivity index (χ0) is 16.9. The third kappa shape index (κ3) is 4.94. The van der Waals surface area contributed by atoms with Crippen molar-refractivity contribution >= 4 is 26.6 Å². The molecule has 2 rings (SSSR count). The van der Waals surface area contributed by atoms with Crippen LogP contribution in [0.3, 0.4) is 0 Å². The molecular weight excluding hydrogens is 312 g/mol. The molecule has 128 valence electrons. The van der Waals surface area contributed by atoms with Gasteiger partial charge in [0.2, 0.25) is 10.0 Å². The summed E-state index contributed by atoms with van der Waals surface area (Å²) in [7, 11) is -3.22. The van der Waals surface area contributed by atoms with E-state index in [1.165, 1.54) is 0 Å². The molecule has 0 bridgehead atoms. The van der Waals surface area contributed by atoms with Gasteiger partial charge in [-0.05, 0) is 51.8 Å². The van der Waals surface area contributed by atoms with Gasteiger partial charge in [0.1, 0.15) is 0 Å². The standard InChI is InChI=1S/C16H26N4O2S/c1-16(2,3)23(21,22)19-10-6-4-5-9-17-14-7-8-15-13(11-14)12-18-20-15/h7-8,11-12,17,19H,4-6,9-10H2,1-3H3,(H,18,20). The Hall–Kier alpha value is -1.60. The van der Waals surface area contributed by atoms with E-state index in [2.05, 4.69) is 26.3 Å². The molecule has 0 unspecified atom stereocenters. The molecule has 3 N–H and O–H groups in total. The second-order valence-corrected chi connectivity index (χ2v) is 9.19. The summed E-state index contributed by atoms with van der Waals surface area (Å²) in [6.07, 6.45) is 4.63. The van der Waals surface area contributed by atoms with Gasteiger partial charge in [0.25, 0.3) is 0 Å². The molecule has 0 amide bonds. The quantitative estimate of drug-likeness (QED) is 0.646. The molecule has 6 nitrogen and oxygen atoms in total. The van der Waals surface area contributed by atoms with E-state index in [9.17, 15) is 8.42 Å². The molecule has 0 aliphatic carbocycles. The first-order chi connectivity index (χ1) is 10.8. The highest BCUT2D eigenvalue weighted by Gasteiger charge is 2.27. The molecule has 0 spiro atoms. The Kier molecular flexibility index (Phi) is 5.64. The number of unbranched alkanes of at least 4 members (excludes halogenated alkanes) is 2. The molecule has 1 aromatic carbocycles. The number of aromatic amines is 1. The van der Waals surface area contributed by atoms with Crippen molar-refractivity contribution in [2.45, 2.75) is 44.8 Å². The van der Waals surface area contributed by atoms with Crippen LogP contribution in [0.5, 0.6) is 0 Å². The molecule has 2 aromatic rings. The van der Waals surface area contributed by atoms with Crippen LogP contribution in [-0.4, -0.2) is 36.5 Å². The number of sulfonamides is 1. The van der Waals surface area contributed by atoms with E-state index in [1.807, 2.05) is 18.3 Å². The van der Waals surface area contributed by atoms with Crippen molar-refractivity contribution in [3.05, 3.63) is 24.4 Å². The highest BCUT2D eigenvalue weighted by Crippen LogP contribution is 2.17. The lowest BCUT2D eigenvalue weighted by Gasteiger charge is -2.19. The smallest absolute Gasteiger partial charge is 0.216 e. The SMILES string of the molecule is CC(C)(C)S(=O)(=O)NCCCCCNc1ccc2[nH]ncc2c1. The normalized spacial score (nSPS) is 12.7. The van der Waals surface area contributed by atoms with E-state index < -0.39 is 14.8 Å². The van der Waals surface area contributed by atoms with Gasteiger partial charge in [-0.1, -0.05) is 6.42 Å². The lowest BCUT2D eigenvalue weighted by atomic mass is 10.2. The first-order valence-electron chi connectivity index (χ1n) is 7.96. The van der Waals surface area contributed by atoms with Crippen LogP contribution in [0.2, 0.25) is 0 Å². The minimum atomic E-state index is -3.22. The lowest BCUT2D eigenvalue weighted by molar-refractivity contribution is 0.540. The molecule has 0 saturated heterocycles. The first kappa shape index (κ1) is 17.7. The number of H-pyrrole nitrogens is 1. The van der Waals surface area contributed by atoms with E-state index in [-0.39, 0.29) is 0 Å². The van der Waals surface area contributed by atoms with E-state index >= 15 is 0 Å². The second kappa shape index (κ2) is 7.31. The maximum Gasteiger partial charge on any atom is 0.216 e. The van der Waals surface area contributed by atoms with Gasteiger partial charge in [0.15, 0.2) is 0 Å². The topological polar surface area (TPSA) is 86.9 Å². The molecule has 0 aliphatic rings. The van der Waals surface area contributed by atoms with Crippen LogP contribution in [0, 0.1) is 0 Å². The lowest BCUT2D eigenvalue weighted by Crippen LogP contribution is -2.39. The number of rotatable bonds is 8. The van der Waals surface area contributed by atoms with Crippen molar-refractivity contribution in [2.24, 2.45) is 0 Å². The summed E-state index contributed by atoms with van der Waals surface area (Å²) in [6, 6.07) is 6.10. The monoisotopic (exact) mass is 338 g/mol. The Bertz CT molecular complexity index is 732. The predicted molar refractivity (Wildman–Crippen MR) is 95.1 cm³/mol. The maximum absolute atomic E-state index is 11.9. The summed E-state index contributed by atoms with van der Waals surface area (Å²) >= 11 is 0. The number of hydrogen-bond donors (Lipinski definition) is 3. The maximum atomic E-state index is 11.9. The summed E-state index contributed by atoms with van der Waals surface area (Å²) < 4.78 is 25.7. The average Bonchev–Trinajstić information content (AvgIpc) is 2.92. The highest BCUT2D eigenvalue weighted by molar-refractivity contribution is 7.90. The molecule has 7 heteroatoms. The summed E-state index contributed by atoms with van der Waals surface area (Å²) in [4.78, 5) is 0. The highest BCUT2D eigenvalue weighted by atomic mass is 32.2. The van der Waals surface area contributed by atoms with Crippen LogP contribution < -0.4 is 10.0 Å². The van der Waals surface area contributed by atoms with Gasteiger partial charge < -0.3 is 5.32 Å².